The molecule has 1 amide bonds. The van der Waals surface area contributed by atoms with Gasteiger partial charge in [0.15, 0.2) is 6.61 Å². The third-order valence-corrected chi connectivity index (χ3v) is 5.36. The van der Waals surface area contributed by atoms with Crippen LogP contribution in [0.1, 0.15) is 30.5 Å². The van der Waals surface area contributed by atoms with E-state index in [1.165, 1.54) is 5.56 Å². The molecule has 1 aliphatic heterocycles. The molecule has 0 saturated heterocycles. The first-order chi connectivity index (χ1) is 14.1. The summed E-state index contributed by atoms with van der Waals surface area (Å²) in [6.45, 7) is 4.15. The molecule has 0 aliphatic carbocycles. The quantitative estimate of drug-likeness (QED) is 0.642. The molecule has 0 unspecified atom stereocenters. The second-order valence-electron chi connectivity index (χ2n) is 7.57. The molecule has 1 heterocycles. The summed E-state index contributed by atoms with van der Waals surface area (Å²) in [7, 11) is 0. The average Bonchev–Trinajstić information content (AvgIpc) is 2.74. The summed E-state index contributed by atoms with van der Waals surface area (Å²) in [4.78, 5) is 14.9. The summed E-state index contributed by atoms with van der Waals surface area (Å²) in [5.41, 5.74) is 4.34. The molecular weight excluding hydrogens is 360 g/mol. The van der Waals surface area contributed by atoms with Crippen molar-refractivity contribution in [3.05, 3.63) is 90.0 Å². The van der Waals surface area contributed by atoms with E-state index in [9.17, 15) is 4.79 Å². The van der Waals surface area contributed by atoms with Crippen molar-refractivity contribution >= 4 is 17.3 Å². The van der Waals surface area contributed by atoms with Gasteiger partial charge in [0.1, 0.15) is 5.75 Å². The van der Waals surface area contributed by atoms with Crippen molar-refractivity contribution in [2.45, 2.75) is 32.4 Å². The number of fused-ring (bicyclic) bond motifs is 1. The standard InChI is InChI=1S/C25H26N2O2/c1-18-12-14-21(15-13-18)29-17-25(28)27-19(2)16-23(22-10-6-7-11-24(22)27)26-20-8-4-3-5-9-20/h3-15,19,23,26H,16-17H2,1-2H3/t19-,23+/m0/s1. The summed E-state index contributed by atoms with van der Waals surface area (Å²) in [5.74, 6) is 0.689. The van der Waals surface area contributed by atoms with Crippen molar-refractivity contribution in [3.63, 3.8) is 0 Å². The van der Waals surface area contributed by atoms with Crippen LogP contribution in [0, 0.1) is 6.92 Å². The normalized spacial score (nSPS) is 18.1. The lowest BCUT2D eigenvalue weighted by Gasteiger charge is -2.40. The lowest BCUT2D eigenvalue weighted by molar-refractivity contribution is -0.121. The van der Waals surface area contributed by atoms with Gasteiger partial charge in [0.2, 0.25) is 0 Å². The number of carbonyl (C=O) groups excluding carboxylic acids is 1. The molecule has 0 radical (unpaired) electrons. The minimum Gasteiger partial charge on any atom is -0.484 e. The van der Waals surface area contributed by atoms with Crippen molar-refractivity contribution in [2.75, 3.05) is 16.8 Å². The molecule has 4 heteroatoms. The van der Waals surface area contributed by atoms with Crippen LogP contribution in [0.2, 0.25) is 0 Å². The molecule has 3 aromatic rings. The summed E-state index contributed by atoms with van der Waals surface area (Å²) >= 11 is 0. The molecule has 0 aromatic heterocycles. The number of hydrogen-bond donors (Lipinski definition) is 1. The summed E-state index contributed by atoms with van der Waals surface area (Å²) in [6.07, 6.45) is 0.835. The van der Waals surface area contributed by atoms with Crippen molar-refractivity contribution < 1.29 is 9.53 Å². The van der Waals surface area contributed by atoms with Crippen LogP contribution in [0.25, 0.3) is 0 Å². The minimum absolute atomic E-state index is 0.0244. The molecule has 4 rings (SSSR count). The minimum atomic E-state index is -0.0244. The van der Waals surface area contributed by atoms with Gasteiger partial charge in [0.25, 0.3) is 5.91 Å². The Balaban J connectivity index is 1.53. The van der Waals surface area contributed by atoms with Crippen LogP contribution in [0.3, 0.4) is 0 Å². The number of nitrogens with one attached hydrogen (secondary N) is 1. The molecule has 4 nitrogen and oxygen atoms in total. The molecule has 3 aromatic carbocycles. The van der Waals surface area contributed by atoms with Crippen LogP contribution < -0.4 is 15.0 Å². The van der Waals surface area contributed by atoms with Gasteiger partial charge in [-0.15, -0.1) is 0 Å². The van der Waals surface area contributed by atoms with E-state index in [1.807, 2.05) is 72.5 Å². The fraction of sp³-hybridized carbons (Fsp3) is 0.240. The molecule has 1 N–H and O–H groups in total. The third kappa shape index (κ3) is 4.27. The summed E-state index contributed by atoms with van der Waals surface area (Å²) in [5, 5.41) is 3.62. The van der Waals surface area contributed by atoms with Crippen LogP contribution in [0.5, 0.6) is 5.75 Å². The Morgan fingerprint density at radius 2 is 1.69 bits per heavy atom. The Hall–Kier alpha value is -3.27. The second-order valence-corrected chi connectivity index (χ2v) is 7.57. The van der Waals surface area contributed by atoms with Crippen LogP contribution in [0.4, 0.5) is 11.4 Å². The Kier molecular flexibility index (Phi) is 5.52. The number of carbonyl (C=O) groups is 1. The number of nitrogens with zero attached hydrogens (tertiary/aromatic N) is 1. The number of aryl methyl sites for hydroxylation is 1. The molecule has 29 heavy (non-hydrogen) atoms. The first kappa shape index (κ1) is 19.1. The van der Waals surface area contributed by atoms with Gasteiger partial charge in [-0.2, -0.15) is 0 Å². The Morgan fingerprint density at radius 1 is 1.00 bits per heavy atom. The van der Waals surface area contributed by atoms with E-state index in [0.717, 1.165) is 23.4 Å². The first-order valence-corrected chi connectivity index (χ1v) is 10.0. The smallest absolute Gasteiger partial charge is 0.265 e. The zero-order valence-electron chi connectivity index (χ0n) is 16.8. The van der Waals surface area contributed by atoms with Crippen LogP contribution in [0.15, 0.2) is 78.9 Å². The summed E-state index contributed by atoms with van der Waals surface area (Å²) < 4.78 is 5.76. The van der Waals surface area contributed by atoms with E-state index in [1.54, 1.807) is 0 Å². The number of hydrogen-bond acceptors (Lipinski definition) is 3. The highest BCUT2D eigenvalue weighted by atomic mass is 16.5. The fourth-order valence-electron chi connectivity index (χ4n) is 3.91. The summed E-state index contributed by atoms with van der Waals surface area (Å²) in [6, 6.07) is 26.3. The number of amides is 1. The number of ether oxygens (including phenoxy) is 1. The van der Waals surface area contributed by atoms with E-state index >= 15 is 0 Å². The van der Waals surface area contributed by atoms with Crippen molar-refractivity contribution in [2.24, 2.45) is 0 Å². The van der Waals surface area contributed by atoms with E-state index in [2.05, 4.69) is 30.4 Å². The van der Waals surface area contributed by atoms with Gasteiger partial charge in [-0.25, -0.2) is 0 Å². The van der Waals surface area contributed by atoms with Crippen molar-refractivity contribution in [3.8, 4) is 5.75 Å². The van der Waals surface area contributed by atoms with Crippen LogP contribution >= 0.6 is 0 Å². The van der Waals surface area contributed by atoms with Gasteiger partial charge < -0.3 is 15.0 Å². The van der Waals surface area contributed by atoms with E-state index in [4.69, 9.17) is 4.74 Å². The number of rotatable bonds is 5. The maximum atomic E-state index is 13.1. The highest BCUT2D eigenvalue weighted by molar-refractivity contribution is 5.96. The Bertz CT molecular complexity index is 970. The molecule has 2 atom stereocenters. The molecule has 0 bridgehead atoms. The Labute approximate surface area is 172 Å². The topological polar surface area (TPSA) is 41.6 Å². The SMILES string of the molecule is Cc1ccc(OCC(=O)N2c3ccccc3[C@H](Nc3ccccc3)C[C@@H]2C)cc1. The first-order valence-electron chi connectivity index (χ1n) is 10.0. The monoisotopic (exact) mass is 386 g/mol. The zero-order valence-corrected chi connectivity index (χ0v) is 16.8. The highest BCUT2D eigenvalue weighted by Gasteiger charge is 2.33. The van der Waals surface area contributed by atoms with Gasteiger partial charge >= 0.3 is 0 Å². The molecule has 0 saturated carbocycles. The van der Waals surface area contributed by atoms with Crippen LogP contribution in [-0.2, 0) is 4.79 Å². The average molecular weight is 386 g/mol. The maximum Gasteiger partial charge on any atom is 0.265 e. The molecule has 0 spiro atoms. The molecule has 1 aliphatic rings. The highest BCUT2D eigenvalue weighted by Crippen LogP contribution is 2.38. The largest absolute Gasteiger partial charge is 0.484 e. The lowest BCUT2D eigenvalue weighted by Crippen LogP contribution is -2.46. The predicted octanol–water partition coefficient (Wildman–Crippen LogP) is 5.35. The van der Waals surface area contributed by atoms with Gasteiger partial charge in [0, 0.05) is 17.4 Å². The van der Waals surface area contributed by atoms with Gasteiger partial charge in [0.05, 0.1) is 6.04 Å². The van der Waals surface area contributed by atoms with Crippen LogP contribution in [-0.4, -0.2) is 18.6 Å². The lowest BCUT2D eigenvalue weighted by atomic mass is 9.91. The second kappa shape index (κ2) is 8.39. The maximum absolute atomic E-state index is 13.1. The van der Waals surface area contributed by atoms with Gasteiger partial charge in [-0.3, -0.25) is 4.79 Å². The fourth-order valence-corrected chi connectivity index (χ4v) is 3.91. The number of benzene rings is 3. The zero-order chi connectivity index (χ0) is 20.2. The van der Waals surface area contributed by atoms with Gasteiger partial charge in [-0.05, 0) is 56.2 Å². The molecule has 148 valence electrons. The molecular formula is C25H26N2O2. The third-order valence-electron chi connectivity index (χ3n) is 5.36. The number of anilines is 2. The van der Waals surface area contributed by atoms with Gasteiger partial charge in [-0.1, -0.05) is 54.1 Å². The Morgan fingerprint density at radius 3 is 2.45 bits per heavy atom. The van der Waals surface area contributed by atoms with Crippen molar-refractivity contribution in [1.29, 1.82) is 0 Å². The molecule has 0 fully saturated rings. The van der Waals surface area contributed by atoms with Crippen molar-refractivity contribution in [1.82, 2.24) is 0 Å². The predicted molar refractivity (Wildman–Crippen MR) is 117 cm³/mol. The van der Waals surface area contributed by atoms with E-state index in [-0.39, 0.29) is 24.6 Å². The number of para-hydroxylation sites is 2. The van der Waals surface area contributed by atoms with E-state index in [0.29, 0.717) is 5.75 Å². The van der Waals surface area contributed by atoms with E-state index < -0.39 is 0 Å².